The van der Waals surface area contributed by atoms with Crippen LogP contribution in [0.2, 0.25) is 0 Å². The third-order valence-electron chi connectivity index (χ3n) is 4.21. The third kappa shape index (κ3) is 4.08. The molecule has 3 amide bonds. The molecule has 1 aliphatic rings. The smallest absolute Gasteiger partial charge is 0.332 e. The Balaban J connectivity index is 1.85. The van der Waals surface area contributed by atoms with E-state index in [1.54, 1.807) is 12.1 Å². The molecule has 1 heterocycles. The van der Waals surface area contributed by atoms with Crippen LogP contribution in [0, 0.1) is 12.7 Å². The van der Waals surface area contributed by atoms with Crippen LogP contribution in [0.4, 0.5) is 9.18 Å². The van der Waals surface area contributed by atoms with Crippen molar-refractivity contribution in [1.82, 2.24) is 14.9 Å². The molecule has 1 saturated heterocycles. The predicted octanol–water partition coefficient (Wildman–Crippen LogP) is 1.71. The van der Waals surface area contributed by atoms with E-state index in [0.717, 1.165) is 10.5 Å². The second-order valence-electron chi connectivity index (χ2n) is 6.16. The normalized spacial score (nSPS) is 17.3. The van der Waals surface area contributed by atoms with Crippen LogP contribution in [-0.4, -0.2) is 38.3 Å². The highest BCUT2D eigenvalue weighted by Crippen LogP contribution is 2.24. The molecule has 1 aliphatic heterocycles. The topological polar surface area (TPSA) is 95.6 Å². The minimum atomic E-state index is -4.09. The molecule has 0 saturated carbocycles. The quantitative estimate of drug-likeness (QED) is 0.833. The van der Waals surface area contributed by atoms with E-state index in [0.29, 0.717) is 5.56 Å². The third-order valence-corrected chi connectivity index (χ3v) is 5.55. The van der Waals surface area contributed by atoms with Crippen molar-refractivity contribution in [3.05, 3.63) is 65.5 Å². The molecular weight excluding hydrogens is 373 g/mol. The molecule has 2 aromatic rings. The van der Waals surface area contributed by atoms with Gasteiger partial charge < -0.3 is 10.2 Å². The van der Waals surface area contributed by atoms with Gasteiger partial charge in [-0.1, -0.05) is 29.8 Å². The van der Waals surface area contributed by atoms with E-state index in [1.165, 1.54) is 36.4 Å². The van der Waals surface area contributed by atoms with Gasteiger partial charge in [-0.2, -0.15) is 0 Å². The molecule has 7 nitrogen and oxygen atoms in total. The highest BCUT2D eigenvalue weighted by Gasteiger charge is 2.36. The van der Waals surface area contributed by atoms with E-state index in [1.807, 2.05) is 11.6 Å². The van der Waals surface area contributed by atoms with Gasteiger partial charge in [0, 0.05) is 13.1 Å². The number of urea groups is 1. The number of nitrogens with one attached hydrogen (secondary N) is 2. The largest absolute Gasteiger partial charge is 0.352 e. The summed E-state index contributed by atoms with van der Waals surface area (Å²) in [5, 5.41) is 2.63. The van der Waals surface area contributed by atoms with Crippen molar-refractivity contribution < 1.29 is 22.4 Å². The molecule has 3 rings (SSSR count). The number of hydrogen-bond donors (Lipinski definition) is 2. The summed E-state index contributed by atoms with van der Waals surface area (Å²) in [5.41, 5.74) is 1.26. The van der Waals surface area contributed by atoms with Crippen molar-refractivity contribution in [3.63, 3.8) is 0 Å². The van der Waals surface area contributed by atoms with Crippen molar-refractivity contribution in [1.29, 1.82) is 0 Å². The highest BCUT2D eigenvalue weighted by atomic mass is 32.2. The number of nitrogens with zero attached hydrogens (tertiary/aromatic N) is 1. The van der Waals surface area contributed by atoms with E-state index in [-0.39, 0.29) is 18.0 Å². The standard InChI is InChI=1S/C18H18FN3O4S/c1-12-2-8-15(9-3-12)27(25,26)21-18(24)22-11-10-20-17(23)16(22)13-4-6-14(19)7-5-13/h2-9,16H,10-11H2,1H3,(H,20,23)(H,21,24). The molecule has 1 fully saturated rings. The second-order valence-corrected chi connectivity index (χ2v) is 7.84. The number of rotatable bonds is 3. The zero-order valence-electron chi connectivity index (χ0n) is 14.5. The first-order chi connectivity index (χ1) is 12.8. The Morgan fingerprint density at radius 2 is 1.78 bits per heavy atom. The minimum absolute atomic E-state index is 0.0544. The number of carbonyl (C=O) groups is 2. The van der Waals surface area contributed by atoms with Gasteiger partial charge >= 0.3 is 6.03 Å². The highest BCUT2D eigenvalue weighted by molar-refractivity contribution is 7.90. The van der Waals surface area contributed by atoms with Gasteiger partial charge in [0.05, 0.1) is 4.90 Å². The zero-order chi connectivity index (χ0) is 19.6. The van der Waals surface area contributed by atoms with Gasteiger partial charge in [-0.3, -0.25) is 4.79 Å². The fraction of sp³-hybridized carbons (Fsp3) is 0.222. The monoisotopic (exact) mass is 391 g/mol. The lowest BCUT2D eigenvalue weighted by Crippen LogP contribution is -2.55. The maximum absolute atomic E-state index is 13.2. The first-order valence-corrected chi connectivity index (χ1v) is 9.69. The fourth-order valence-electron chi connectivity index (χ4n) is 2.81. The number of aryl methyl sites for hydroxylation is 1. The molecule has 142 valence electrons. The molecule has 0 radical (unpaired) electrons. The van der Waals surface area contributed by atoms with Crippen LogP contribution < -0.4 is 10.0 Å². The van der Waals surface area contributed by atoms with Crippen LogP contribution in [0.15, 0.2) is 53.4 Å². The van der Waals surface area contributed by atoms with Crippen molar-refractivity contribution in [3.8, 4) is 0 Å². The predicted molar refractivity (Wildman–Crippen MR) is 95.8 cm³/mol. The number of halogens is 1. The maximum atomic E-state index is 13.2. The Morgan fingerprint density at radius 1 is 1.15 bits per heavy atom. The Labute approximate surface area is 156 Å². The Morgan fingerprint density at radius 3 is 2.41 bits per heavy atom. The van der Waals surface area contributed by atoms with Crippen LogP contribution in [0.1, 0.15) is 17.2 Å². The number of carbonyl (C=O) groups excluding carboxylic acids is 2. The lowest BCUT2D eigenvalue weighted by molar-refractivity contribution is -0.127. The number of benzene rings is 2. The fourth-order valence-corrected chi connectivity index (χ4v) is 3.77. The molecule has 0 spiro atoms. The van der Waals surface area contributed by atoms with Gasteiger partial charge in [-0.05, 0) is 36.8 Å². The minimum Gasteiger partial charge on any atom is -0.352 e. The van der Waals surface area contributed by atoms with E-state index < -0.39 is 33.8 Å². The molecular formula is C18H18FN3O4S. The van der Waals surface area contributed by atoms with Crippen LogP contribution in [0.3, 0.4) is 0 Å². The van der Waals surface area contributed by atoms with Gasteiger partial charge in [-0.25, -0.2) is 22.3 Å². The van der Waals surface area contributed by atoms with Crippen LogP contribution in [0.5, 0.6) is 0 Å². The summed E-state index contributed by atoms with van der Waals surface area (Å²) in [6.07, 6.45) is 0. The van der Waals surface area contributed by atoms with Crippen LogP contribution in [0.25, 0.3) is 0 Å². The maximum Gasteiger partial charge on any atom is 0.332 e. The Hall–Kier alpha value is -2.94. The van der Waals surface area contributed by atoms with Crippen LogP contribution in [-0.2, 0) is 14.8 Å². The first kappa shape index (κ1) is 18.8. The summed E-state index contributed by atoms with van der Waals surface area (Å²) in [5.74, 6) is -0.941. The number of hydrogen-bond acceptors (Lipinski definition) is 4. The average Bonchev–Trinajstić information content (AvgIpc) is 2.62. The average molecular weight is 391 g/mol. The molecule has 2 N–H and O–H groups in total. The van der Waals surface area contributed by atoms with Gasteiger partial charge in [0.2, 0.25) is 5.91 Å². The molecule has 9 heteroatoms. The van der Waals surface area contributed by atoms with E-state index in [9.17, 15) is 22.4 Å². The number of amides is 3. The number of sulfonamides is 1. The molecule has 27 heavy (non-hydrogen) atoms. The van der Waals surface area contributed by atoms with E-state index in [2.05, 4.69) is 5.32 Å². The Bertz CT molecular complexity index is 959. The van der Waals surface area contributed by atoms with Gasteiger partial charge in [0.15, 0.2) is 0 Å². The molecule has 0 aliphatic carbocycles. The summed E-state index contributed by atoms with van der Waals surface area (Å²) in [6, 6.07) is 9.19. The van der Waals surface area contributed by atoms with Crippen molar-refractivity contribution in [2.45, 2.75) is 17.9 Å². The summed E-state index contributed by atoms with van der Waals surface area (Å²) < 4.78 is 40.1. The summed E-state index contributed by atoms with van der Waals surface area (Å²) in [7, 11) is -4.09. The van der Waals surface area contributed by atoms with Crippen molar-refractivity contribution >= 4 is 22.0 Å². The zero-order valence-corrected chi connectivity index (χ0v) is 15.3. The lowest BCUT2D eigenvalue weighted by Gasteiger charge is -2.35. The molecule has 1 unspecified atom stereocenters. The summed E-state index contributed by atoms with van der Waals surface area (Å²) in [4.78, 5) is 26.0. The molecule has 2 aromatic carbocycles. The first-order valence-electron chi connectivity index (χ1n) is 8.21. The van der Waals surface area contributed by atoms with Gasteiger partial charge in [0.1, 0.15) is 11.9 Å². The summed E-state index contributed by atoms with van der Waals surface area (Å²) >= 11 is 0. The number of piperazine rings is 1. The molecule has 0 aromatic heterocycles. The Kier molecular flexibility index (Phi) is 5.13. The lowest BCUT2D eigenvalue weighted by atomic mass is 10.0. The SMILES string of the molecule is Cc1ccc(S(=O)(=O)NC(=O)N2CCNC(=O)C2c2ccc(F)cc2)cc1. The van der Waals surface area contributed by atoms with Gasteiger partial charge in [0.25, 0.3) is 10.0 Å². The van der Waals surface area contributed by atoms with E-state index in [4.69, 9.17) is 0 Å². The molecule has 0 bridgehead atoms. The van der Waals surface area contributed by atoms with Crippen molar-refractivity contribution in [2.24, 2.45) is 0 Å². The van der Waals surface area contributed by atoms with E-state index >= 15 is 0 Å². The second kappa shape index (κ2) is 7.36. The van der Waals surface area contributed by atoms with Crippen molar-refractivity contribution in [2.75, 3.05) is 13.1 Å². The van der Waals surface area contributed by atoms with Crippen LogP contribution >= 0.6 is 0 Å². The van der Waals surface area contributed by atoms with Gasteiger partial charge in [-0.15, -0.1) is 0 Å². The molecule has 1 atom stereocenters. The summed E-state index contributed by atoms with van der Waals surface area (Å²) in [6.45, 7) is 2.12.